The molecule has 0 aromatic heterocycles. The number of carbonyl (C=O) groups is 1. The predicted octanol–water partition coefficient (Wildman–Crippen LogP) is 2.98. The van der Waals surface area contributed by atoms with Gasteiger partial charge < -0.3 is 10.8 Å². The van der Waals surface area contributed by atoms with E-state index in [4.69, 9.17) is 22.4 Å². The number of carboxylic acids is 1. The SMILES string of the molecule is Nc1cc(C(CC(=O)O)C2(F)CC2)ccc1Cl. The molecule has 1 saturated carbocycles. The van der Waals surface area contributed by atoms with Gasteiger partial charge in [-0.3, -0.25) is 4.79 Å². The molecule has 3 N–H and O–H groups in total. The Labute approximate surface area is 103 Å². The first-order chi connectivity index (χ1) is 7.92. The first kappa shape index (κ1) is 12.2. The summed E-state index contributed by atoms with van der Waals surface area (Å²) in [6, 6.07) is 4.79. The molecule has 0 heterocycles. The molecule has 1 aliphatic rings. The van der Waals surface area contributed by atoms with Crippen molar-refractivity contribution < 1.29 is 14.3 Å². The van der Waals surface area contributed by atoms with Crippen molar-refractivity contribution in [3.63, 3.8) is 0 Å². The van der Waals surface area contributed by atoms with Crippen LogP contribution < -0.4 is 5.73 Å². The fraction of sp³-hybridized carbons (Fsp3) is 0.417. The molecule has 0 bridgehead atoms. The van der Waals surface area contributed by atoms with Crippen molar-refractivity contribution in [1.82, 2.24) is 0 Å². The number of benzene rings is 1. The molecule has 3 nitrogen and oxygen atoms in total. The molecule has 17 heavy (non-hydrogen) atoms. The van der Waals surface area contributed by atoms with Crippen LogP contribution in [0.3, 0.4) is 0 Å². The van der Waals surface area contributed by atoms with E-state index in [-0.39, 0.29) is 6.42 Å². The minimum atomic E-state index is -1.39. The quantitative estimate of drug-likeness (QED) is 0.815. The molecule has 0 aliphatic heterocycles. The topological polar surface area (TPSA) is 63.3 Å². The van der Waals surface area contributed by atoms with Gasteiger partial charge in [-0.05, 0) is 30.5 Å². The number of alkyl halides is 1. The van der Waals surface area contributed by atoms with Crippen molar-refractivity contribution in [2.45, 2.75) is 30.8 Å². The maximum Gasteiger partial charge on any atom is 0.304 e. The molecule has 5 heteroatoms. The summed E-state index contributed by atoms with van der Waals surface area (Å²) in [4.78, 5) is 10.8. The first-order valence-electron chi connectivity index (χ1n) is 5.38. The Morgan fingerprint density at radius 3 is 2.71 bits per heavy atom. The van der Waals surface area contributed by atoms with Crippen LogP contribution in [-0.2, 0) is 4.79 Å². The van der Waals surface area contributed by atoms with Gasteiger partial charge in [-0.2, -0.15) is 0 Å². The van der Waals surface area contributed by atoms with Gasteiger partial charge in [-0.15, -0.1) is 0 Å². The average molecular weight is 258 g/mol. The fourth-order valence-electron chi connectivity index (χ4n) is 2.02. The van der Waals surface area contributed by atoms with Crippen LogP contribution in [0.1, 0.15) is 30.7 Å². The molecule has 2 rings (SSSR count). The van der Waals surface area contributed by atoms with E-state index in [9.17, 15) is 9.18 Å². The molecular weight excluding hydrogens is 245 g/mol. The minimum absolute atomic E-state index is 0.225. The van der Waals surface area contributed by atoms with Gasteiger partial charge in [0.25, 0.3) is 0 Å². The molecule has 0 amide bonds. The summed E-state index contributed by atoms with van der Waals surface area (Å²) in [6.45, 7) is 0. The van der Waals surface area contributed by atoms with E-state index in [0.29, 0.717) is 29.1 Å². The Balaban J connectivity index is 2.31. The molecule has 0 saturated heterocycles. The number of anilines is 1. The van der Waals surface area contributed by atoms with E-state index in [1.54, 1.807) is 18.2 Å². The number of nitrogens with two attached hydrogens (primary N) is 1. The van der Waals surface area contributed by atoms with Crippen molar-refractivity contribution in [3.05, 3.63) is 28.8 Å². The lowest BCUT2D eigenvalue weighted by atomic mass is 9.89. The van der Waals surface area contributed by atoms with Gasteiger partial charge in [-0.1, -0.05) is 17.7 Å². The van der Waals surface area contributed by atoms with Crippen LogP contribution >= 0.6 is 11.6 Å². The highest BCUT2D eigenvalue weighted by Gasteiger charge is 2.51. The monoisotopic (exact) mass is 257 g/mol. The number of rotatable bonds is 4. The number of hydrogen-bond donors (Lipinski definition) is 2. The smallest absolute Gasteiger partial charge is 0.304 e. The third-order valence-electron chi connectivity index (χ3n) is 3.15. The molecule has 92 valence electrons. The molecule has 1 unspecified atom stereocenters. The number of hydrogen-bond acceptors (Lipinski definition) is 2. The van der Waals surface area contributed by atoms with Gasteiger partial charge in [0.05, 0.1) is 17.1 Å². The van der Waals surface area contributed by atoms with Gasteiger partial charge in [-0.25, -0.2) is 4.39 Å². The highest BCUT2D eigenvalue weighted by molar-refractivity contribution is 6.33. The molecule has 1 aromatic rings. The lowest BCUT2D eigenvalue weighted by Gasteiger charge is -2.19. The van der Waals surface area contributed by atoms with Crippen LogP contribution in [0.4, 0.5) is 10.1 Å². The molecule has 0 radical (unpaired) electrons. The number of halogens is 2. The molecule has 1 atom stereocenters. The van der Waals surface area contributed by atoms with E-state index >= 15 is 0 Å². The van der Waals surface area contributed by atoms with E-state index in [1.807, 2.05) is 0 Å². The summed E-state index contributed by atoms with van der Waals surface area (Å²) in [5, 5.41) is 9.23. The third-order valence-corrected chi connectivity index (χ3v) is 3.50. The van der Waals surface area contributed by atoms with Gasteiger partial charge in [0, 0.05) is 5.92 Å². The number of nitrogen functional groups attached to an aromatic ring is 1. The van der Waals surface area contributed by atoms with Crippen molar-refractivity contribution in [2.24, 2.45) is 0 Å². The first-order valence-corrected chi connectivity index (χ1v) is 5.76. The molecule has 0 spiro atoms. The zero-order valence-electron chi connectivity index (χ0n) is 9.12. The maximum atomic E-state index is 14.1. The van der Waals surface area contributed by atoms with Crippen LogP contribution in [0.15, 0.2) is 18.2 Å². The molecular formula is C12H13ClFNO2. The Morgan fingerprint density at radius 1 is 1.59 bits per heavy atom. The van der Waals surface area contributed by atoms with Crippen molar-refractivity contribution in [3.8, 4) is 0 Å². The normalized spacial score (nSPS) is 18.7. The predicted molar refractivity (Wildman–Crippen MR) is 63.9 cm³/mol. The summed E-state index contributed by atoms with van der Waals surface area (Å²) < 4.78 is 14.1. The lowest BCUT2D eigenvalue weighted by molar-refractivity contribution is -0.138. The summed E-state index contributed by atoms with van der Waals surface area (Å²) in [5.74, 6) is -1.65. The Kier molecular flexibility index (Phi) is 3.00. The second-order valence-electron chi connectivity index (χ2n) is 4.47. The number of carboxylic acid groups (broad SMARTS) is 1. The highest BCUT2D eigenvalue weighted by Crippen LogP contribution is 2.52. The average Bonchev–Trinajstić information content (AvgIpc) is 2.98. The zero-order valence-corrected chi connectivity index (χ0v) is 9.88. The van der Waals surface area contributed by atoms with Crippen LogP contribution in [-0.4, -0.2) is 16.7 Å². The van der Waals surface area contributed by atoms with Gasteiger partial charge in [0.2, 0.25) is 0 Å². The van der Waals surface area contributed by atoms with E-state index in [1.165, 1.54) is 0 Å². The van der Waals surface area contributed by atoms with Crippen LogP contribution in [0.2, 0.25) is 5.02 Å². The lowest BCUT2D eigenvalue weighted by Crippen LogP contribution is -2.19. The van der Waals surface area contributed by atoms with Crippen LogP contribution in [0.5, 0.6) is 0 Å². The van der Waals surface area contributed by atoms with Crippen molar-refractivity contribution in [2.75, 3.05) is 5.73 Å². The summed E-state index contributed by atoms with van der Waals surface area (Å²) in [5.41, 5.74) is 5.22. The second kappa shape index (κ2) is 4.18. The fourth-order valence-corrected chi connectivity index (χ4v) is 2.14. The largest absolute Gasteiger partial charge is 0.481 e. The van der Waals surface area contributed by atoms with Crippen LogP contribution in [0, 0.1) is 0 Å². The molecule has 1 fully saturated rings. The summed E-state index contributed by atoms with van der Waals surface area (Å²) >= 11 is 5.79. The summed E-state index contributed by atoms with van der Waals surface area (Å²) in [7, 11) is 0. The van der Waals surface area contributed by atoms with Gasteiger partial charge in [0.1, 0.15) is 5.67 Å². The van der Waals surface area contributed by atoms with E-state index in [2.05, 4.69) is 0 Å². The third kappa shape index (κ3) is 2.52. The Morgan fingerprint density at radius 2 is 2.24 bits per heavy atom. The van der Waals surface area contributed by atoms with Crippen molar-refractivity contribution >= 4 is 23.3 Å². The highest BCUT2D eigenvalue weighted by atomic mass is 35.5. The van der Waals surface area contributed by atoms with E-state index < -0.39 is 17.6 Å². The molecule has 1 aliphatic carbocycles. The Hall–Kier alpha value is -1.29. The number of aliphatic carboxylic acids is 1. The minimum Gasteiger partial charge on any atom is -0.481 e. The second-order valence-corrected chi connectivity index (χ2v) is 4.87. The van der Waals surface area contributed by atoms with Crippen molar-refractivity contribution in [1.29, 1.82) is 0 Å². The van der Waals surface area contributed by atoms with Gasteiger partial charge >= 0.3 is 5.97 Å². The van der Waals surface area contributed by atoms with Crippen LogP contribution in [0.25, 0.3) is 0 Å². The Bertz CT molecular complexity index is 460. The van der Waals surface area contributed by atoms with Gasteiger partial charge in [0.15, 0.2) is 0 Å². The molecule has 1 aromatic carbocycles. The standard InChI is InChI=1S/C12H13ClFNO2/c13-9-2-1-7(5-10(9)15)8(6-11(16)17)12(14)3-4-12/h1-2,5,8H,3-4,6,15H2,(H,16,17). The maximum absolute atomic E-state index is 14.1. The zero-order chi connectivity index (χ0) is 12.6. The van der Waals surface area contributed by atoms with E-state index in [0.717, 1.165) is 0 Å². The summed E-state index contributed by atoms with van der Waals surface area (Å²) in [6.07, 6.45) is 0.596.